The molecule has 0 aliphatic carbocycles. The van der Waals surface area contributed by atoms with E-state index in [1.807, 2.05) is 62.6 Å². The second-order valence-electron chi connectivity index (χ2n) is 9.49. The van der Waals surface area contributed by atoms with Gasteiger partial charge in [0.2, 0.25) is 5.91 Å². The molecular formula is C29H25N7O. The molecule has 0 atom stereocenters. The fraction of sp³-hybridized carbons (Fsp3) is 0.138. The Kier molecular flexibility index (Phi) is 5.69. The quantitative estimate of drug-likeness (QED) is 0.258. The molecule has 5 heterocycles. The minimum absolute atomic E-state index is 0.0140. The maximum Gasteiger partial charge on any atom is 0.224 e. The molecule has 5 aromatic heterocycles. The lowest BCUT2D eigenvalue weighted by atomic mass is 10.0. The summed E-state index contributed by atoms with van der Waals surface area (Å²) in [7, 11) is 0. The van der Waals surface area contributed by atoms with Crippen LogP contribution in [-0.4, -0.2) is 36.0 Å². The van der Waals surface area contributed by atoms with Gasteiger partial charge in [-0.1, -0.05) is 26.0 Å². The number of carbonyl (C=O) groups excluding carboxylic acids is 1. The van der Waals surface area contributed by atoms with Crippen LogP contribution < -0.4 is 5.32 Å². The number of carbonyl (C=O) groups is 1. The Labute approximate surface area is 213 Å². The first-order chi connectivity index (χ1) is 18.0. The van der Waals surface area contributed by atoms with Gasteiger partial charge < -0.3 is 10.3 Å². The van der Waals surface area contributed by atoms with Gasteiger partial charge in [0.1, 0.15) is 5.69 Å². The van der Waals surface area contributed by atoms with Gasteiger partial charge in [-0.25, -0.2) is 0 Å². The molecule has 0 saturated heterocycles. The van der Waals surface area contributed by atoms with Gasteiger partial charge in [-0.05, 0) is 47.9 Å². The number of nitrogens with zero attached hydrogens (tertiary/aromatic N) is 4. The van der Waals surface area contributed by atoms with E-state index in [4.69, 9.17) is 0 Å². The fourth-order valence-corrected chi connectivity index (χ4v) is 4.55. The summed E-state index contributed by atoms with van der Waals surface area (Å²) in [4.78, 5) is 29.0. The molecule has 1 aromatic carbocycles. The number of hydrogen-bond donors (Lipinski definition) is 3. The molecule has 8 heteroatoms. The van der Waals surface area contributed by atoms with Crippen LogP contribution in [0.2, 0.25) is 0 Å². The summed E-state index contributed by atoms with van der Waals surface area (Å²) in [5.41, 5.74) is 7.95. The standard InChI is InChI=1S/C29H25N7O/c1-17(2)9-28(37)33-20-10-19(13-30-14-20)18-6-7-25-22(11-18)29(36-35-25)26-12-21-23(15-31-16-27(21)34-26)24-5-3-4-8-32-24/h3-8,10-17,34H,9H2,1-2H3,(H,33,37)(H,35,36). The Hall–Kier alpha value is -4.85. The molecule has 0 spiro atoms. The molecule has 0 aliphatic rings. The van der Waals surface area contributed by atoms with E-state index in [0.717, 1.165) is 55.6 Å². The summed E-state index contributed by atoms with van der Waals surface area (Å²) in [6, 6.07) is 16.0. The second-order valence-corrected chi connectivity index (χ2v) is 9.49. The third-order valence-corrected chi connectivity index (χ3v) is 6.25. The van der Waals surface area contributed by atoms with Crippen molar-refractivity contribution in [3.8, 4) is 33.8 Å². The summed E-state index contributed by atoms with van der Waals surface area (Å²) in [6.07, 6.45) is 9.37. The largest absolute Gasteiger partial charge is 0.352 e. The molecule has 8 nitrogen and oxygen atoms in total. The highest BCUT2D eigenvalue weighted by molar-refractivity contribution is 6.01. The third kappa shape index (κ3) is 4.45. The summed E-state index contributed by atoms with van der Waals surface area (Å²) in [5, 5.41) is 12.7. The van der Waals surface area contributed by atoms with Crippen molar-refractivity contribution in [2.75, 3.05) is 5.32 Å². The zero-order valence-electron chi connectivity index (χ0n) is 20.5. The van der Waals surface area contributed by atoms with Crippen molar-refractivity contribution in [3.05, 3.63) is 79.5 Å². The second kappa shape index (κ2) is 9.31. The molecular weight excluding hydrogens is 462 g/mol. The number of aromatic nitrogens is 6. The van der Waals surface area contributed by atoms with E-state index in [-0.39, 0.29) is 5.91 Å². The Bertz CT molecular complexity index is 1730. The first kappa shape index (κ1) is 22.6. The number of nitrogens with one attached hydrogen (secondary N) is 3. The van der Waals surface area contributed by atoms with Crippen molar-refractivity contribution in [2.24, 2.45) is 5.92 Å². The van der Waals surface area contributed by atoms with Crippen molar-refractivity contribution in [2.45, 2.75) is 20.3 Å². The van der Waals surface area contributed by atoms with Gasteiger partial charge in [-0.15, -0.1) is 0 Å². The number of rotatable bonds is 6. The molecule has 0 saturated carbocycles. The summed E-state index contributed by atoms with van der Waals surface area (Å²) < 4.78 is 0. The molecule has 3 N–H and O–H groups in total. The van der Waals surface area contributed by atoms with Crippen LogP contribution in [0, 0.1) is 5.92 Å². The van der Waals surface area contributed by atoms with Crippen LogP contribution in [0.1, 0.15) is 20.3 Å². The lowest BCUT2D eigenvalue weighted by molar-refractivity contribution is -0.116. The predicted molar refractivity (Wildman–Crippen MR) is 146 cm³/mol. The van der Waals surface area contributed by atoms with Crippen molar-refractivity contribution < 1.29 is 4.79 Å². The Morgan fingerprint density at radius 3 is 2.65 bits per heavy atom. The molecule has 182 valence electrons. The minimum Gasteiger partial charge on any atom is -0.352 e. The SMILES string of the molecule is CC(C)CC(=O)Nc1cncc(-c2ccc3[nH]nc(-c4cc5c(-c6ccccn6)cncc5[nH]4)c3c2)c1. The maximum atomic E-state index is 12.2. The number of benzene rings is 1. The normalized spacial score (nSPS) is 11.4. The van der Waals surface area contributed by atoms with Gasteiger partial charge in [0, 0.05) is 46.9 Å². The summed E-state index contributed by atoms with van der Waals surface area (Å²) in [6.45, 7) is 4.05. The topological polar surface area (TPSA) is 112 Å². The third-order valence-electron chi connectivity index (χ3n) is 6.25. The molecule has 0 aliphatic heterocycles. The van der Waals surface area contributed by atoms with E-state index in [1.54, 1.807) is 18.6 Å². The van der Waals surface area contributed by atoms with Crippen molar-refractivity contribution in [1.82, 2.24) is 30.1 Å². The van der Waals surface area contributed by atoms with Crippen LogP contribution in [0.5, 0.6) is 0 Å². The number of fused-ring (bicyclic) bond motifs is 2. The predicted octanol–water partition coefficient (Wildman–Crippen LogP) is 6.21. The zero-order valence-corrected chi connectivity index (χ0v) is 20.5. The molecule has 0 bridgehead atoms. The van der Waals surface area contributed by atoms with Crippen LogP contribution >= 0.6 is 0 Å². The molecule has 0 radical (unpaired) electrons. The van der Waals surface area contributed by atoms with Crippen LogP contribution in [0.3, 0.4) is 0 Å². The fourth-order valence-electron chi connectivity index (χ4n) is 4.55. The monoisotopic (exact) mass is 487 g/mol. The van der Waals surface area contributed by atoms with Crippen LogP contribution in [0.25, 0.3) is 55.6 Å². The molecule has 0 fully saturated rings. The van der Waals surface area contributed by atoms with E-state index in [9.17, 15) is 4.79 Å². The van der Waals surface area contributed by atoms with Gasteiger partial charge in [-0.3, -0.25) is 24.8 Å². The summed E-state index contributed by atoms with van der Waals surface area (Å²) >= 11 is 0. The van der Waals surface area contributed by atoms with E-state index >= 15 is 0 Å². The number of hydrogen-bond acceptors (Lipinski definition) is 5. The van der Waals surface area contributed by atoms with E-state index in [0.29, 0.717) is 18.0 Å². The van der Waals surface area contributed by atoms with Crippen LogP contribution in [0.4, 0.5) is 5.69 Å². The van der Waals surface area contributed by atoms with Crippen molar-refractivity contribution in [3.63, 3.8) is 0 Å². The molecule has 37 heavy (non-hydrogen) atoms. The zero-order chi connectivity index (χ0) is 25.4. The molecule has 0 unspecified atom stereocenters. The lowest BCUT2D eigenvalue weighted by Gasteiger charge is -2.09. The molecule has 6 aromatic rings. The number of H-pyrrole nitrogens is 2. The van der Waals surface area contributed by atoms with Crippen LogP contribution in [0.15, 0.2) is 79.5 Å². The Morgan fingerprint density at radius 2 is 1.81 bits per heavy atom. The van der Waals surface area contributed by atoms with Gasteiger partial charge in [0.15, 0.2) is 0 Å². The highest BCUT2D eigenvalue weighted by Gasteiger charge is 2.15. The number of anilines is 1. The number of aromatic amines is 2. The highest BCUT2D eigenvalue weighted by Crippen LogP contribution is 2.34. The number of pyridine rings is 3. The first-order valence-electron chi connectivity index (χ1n) is 12.2. The van der Waals surface area contributed by atoms with E-state index < -0.39 is 0 Å². The maximum absolute atomic E-state index is 12.2. The smallest absolute Gasteiger partial charge is 0.224 e. The molecule has 1 amide bonds. The number of amides is 1. The van der Waals surface area contributed by atoms with Crippen molar-refractivity contribution in [1.29, 1.82) is 0 Å². The average Bonchev–Trinajstić information content (AvgIpc) is 3.52. The highest BCUT2D eigenvalue weighted by atomic mass is 16.1. The van der Waals surface area contributed by atoms with Crippen LogP contribution in [-0.2, 0) is 4.79 Å². The van der Waals surface area contributed by atoms with Gasteiger partial charge in [-0.2, -0.15) is 5.10 Å². The van der Waals surface area contributed by atoms with Gasteiger partial charge in [0.25, 0.3) is 0 Å². The summed E-state index contributed by atoms with van der Waals surface area (Å²) in [5.74, 6) is 0.276. The lowest BCUT2D eigenvalue weighted by Crippen LogP contribution is -2.13. The van der Waals surface area contributed by atoms with Gasteiger partial charge in [0.05, 0.1) is 40.5 Å². The average molecular weight is 488 g/mol. The Balaban J connectivity index is 1.38. The Morgan fingerprint density at radius 1 is 0.919 bits per heavy atom. The van der Waals surface area contributed by atoms with Gasteiger partial charge >= 0.3 is 0 Å². The van der Waals surface area contributed by atoms with E-state index in [2.05, 4.69) is 47.6 Å². The minimum atomic E-state index is -0.0140. The first-order valence-corrected chi connectivity index (χ1v) is 12.2. The van der Waals surface area contributed by atoms with Crippen molar-refractivity contribution >= 4 is 33.4 Å². The van der Waals surface area contributed by atoms with E-state index in [1.165, 1.54) is 0 Å². The molecule has 6 rings (SSSR count).